The second-order valence-electron chi connectivity index (χ2n) is 4.04. The van der Waals surface area contributed by atoms with Crippen molar-refractivity contribution in [3.8, 4) is 0 Å². The molecule has 0 spiro atoms. The van der Waals surface area contributed by atoms with Gasteiger partial charge in [-0.2, -0.15) is 0 Å². The molecule has 1 unspecified atom stereocenters. The van der Waals surface area contributed by atoms with Crippen LogP contribution in [0.15, 0.2) is 40.9 Å². The lowest BCUT2D eigenvalue weighted by molar-refractivity contribution is 0.605. The van der Waals surface area contributed by atoms with Crippen molar-refractivity contribution in [2.45, 2.75) is 11.8 Å². The number of benzene rings is 2. The molecule has 0 saturated heterocycles. The molecule has 2 aromatic carbocycles. The Hall–Kier alpha value is -0.640. The Morgan fingerprint density at radius 2 is 1.89 bits per heavy atom. The molecular weight excluding hydrogens is 357 g/mol. The average molecular weight is 366 g/mol. The summed E-state index contributed by atoms with van der Waals surface area (Å²) >= 11 is 15.5. The first-order valence-electron chi connectivity index (χ1n) is 5.51. The first-order valence-corrected chi connectivity index (χ1v) is 7.11. The second kappa shape index (κ2) is 6.21. The Morgan fingerprint density at radius 1 is 1.16 bits per heavy atom. The minimum absolute atomic E-state index is 0.190. The maximum Gasteiger partial charge on any atom is 0.127 e. The lowest BCUT2D eigenvalue weighted by Gasteiger charge is -2.13. The molecule has 2 aromatic rings. The first-order chi connectivity index (χ1) is 8.99. The van der Waals surface area contributed by atoms with Crippen molar-refractivity contribution in [1.82, 2.24) is 0 Å². The van der Waals surface area contributed by atoms with Crippen molar-refractivity contribution in [3.63, 3.8) is 0 Å². The average Bonchev–Trinajstić information content (AvgIpc) is 2.37. The van der Waals surface area contributed by atoms with Gasteiger partial charge in [0.25, 0.3) is 0 Å². The summed E-state index contributed by atoms with van der Waals surface area (Å²) in [4.78, 5) is 0. The van der Waals surface area contributed by atoms with Gasteiger partial charge in [-0.15, -0.1) is 11.6 Å². The van der Waals surface area contributed by atoms with Crippen LogP contribution in [0.2, 0.25) is 5.02 Å². The minimum atomic E-state index is -0.570. The molecular formula is C14H9BrCl2F2. The van der Waals surface area contributed by atoms with E-state index in [1.54, 1.807) is 12.1 Å². The predicted octanol–water partition coefficient (Wildman–Crippen LogP) is 5.90. The van der Waals surface area contributed by atoms with Crippen LogP contribution in [0.3, 0.4) is 0 Å². The lowest BCUT2D eigenvalue weighted by atomic mass is 10.0. The van der Waals surface area contributed by atoms with E-state index in [9.17, 15) is 8.78 Å². The van der Waals surface area contributed by atoms with Gasteiger partial charge in [0.05, 0.1) is 5.38 Å². The van der Waals surface area contributed by atoms with Crippen LogP contribution in [-0.2, 0) is 6.42 Å². The van der Waals surface area contributed by atoms with Crippen molar-refractivity contribution in [1.29, 1.82) is 0 Å². The van der Waals surface area contributed by atoms with Crippen LogP contribution in [0, 0.1) is 11.6 Å². The van der Waals surface area contributed by atoms with Crippen LogP contribution in [0.25, 0.3) is 0 Å². The Kier molecular flexibility index (Phi) is 4.82. The third kappa shape index (κ3) is 3.47. The SMILES string of the molecule is Fc1ccc(Br)c(C(Cl)Cc2c(F)cccc2Cl)c1. The van der Waals surface area contributed by atoms with E-state index in [2.05, 4.69) is 15.9 Å². The molecule has 0 heterocycles. The Balaban J connectivity index is 2.31. The molecule has 0 nitrogen and oxygen atoms in total. The zero-order valence-electron chi connectivity index (χ0n) is 9.64. The fourth-order valence-electron chi connectivity index (χ4n) is 1.77. The number of hydrogen-bond donors (Lipinski definition) is 0. The quantitative estimate of drug-likeness (QED) is 0.593. The molecule has 0 saturated carbocycles. The predicted molar refractivity (Wildman–Crippen MR) is 77.8 cm³/mol. The fraction of sp³-hybridized carbons (Fsp3) is 0.143. The van der Waals surface area contributed by atoms with Gasteiger partial charge in [-0.05, 0) is 42.3 Å². The third-order valence-electron chi connectivity index (χ3n) is 2.74. The molecule has 2 rings (SSSR count). The van der Waals surface area contributed by atoms with Crippen LogP contribution in [-0.4, -0.2) is 0 Å². The van der Waals surface area contributed by atoms with Gasteiger partial charge in [-0.1, -0.05) is 33.6 Å². The van der Waals surface area contributed by atoms with Gasteiger partial charge in [0, 0.05) is 15.1 Å². The summed E-state index contributed by atoms with van der Waals surface area (Å²) in [6.07, 6.45) is 0.190. The van der Waals surface area contributed by atoms with E-state index in [0.29, 0.717) is 20.6 Å². The smallest absolute Gasteiger partial charge is 0.127 e. The molecule has 0 fully saturated rings. The van der Waals surface area contributed by atoms with Gasteiger partial charge < -0.3 is 0 Å². The van der Waals surface area contributed by atoms with E-state index in [-0.39, 0.29) is 12.2 Å². The van der Waals surface area contributed by atoms with Crippen LogP contribution in [0.5, 0.6) is 0 Å². The summed E-state index contributed by atoms with van der Waals surface area (Å²) in [6, 6.07) is 8.69. The monoisotopic (exact) mass is 364 g/mol. The molecule has 100 valence electrons. The maximum atomic E-state index is 13.7. The Morgan fingerprint density at radius 3 is 2.58 bits per heavy atom. The van der Waals surface area contributed by atoms with Crippen molar-refractivity contribution in [2.75, 3.05) is 0 Å². The number of hydrogen-bond acceptors (Lipinski definition) is 0. The molecule has 0 aromatic heterocycles. The molecule has 0 aliphatic carbocycles. The van der Waals surface area contributed by atoms with Gasteiger partial charge >= 0.3 is 0 Å². The van der Waals surface area contributed by atoms with Crippen LogP contribution in [0.1, 0.15) is 16.5 Å². The van der Waals surface area contributed by atoms with E-state index in [1.165, 1.54) is 24.3 Å². The van der Waals surface area contributed by atoms with E-state index in [1.807, 2.05) is 0 Å². The van der Waals surface area contributed by atoms with Gasteiger partial charge in [0.1, 0.15) is 11.6 Å². The van der Waals surface area contributed by atoms with Crippen LogP contribution >= 0.6 is 39.1 Å². The van der Waals surface area contributed by atoms with Gasteiger partial charge in [-0.3, -0.25) is 0 Å². The Bertz CT molecular complexity index is 582. The summed E-state index contributed by atoms with van der Waals surface area (Å²) < 4.78 is 27.6. The molecule has 0 aliphatic heterocycles. The van der Waals surface area contributed by atoms with Crippen LogP contribution in [0.4, 0.5) is 8.78 Å². The molecule has 1 atom stereocenters. The van der Waals surface area contributed by atoms with Gasteiger partial charge in [0.2, 0.25) is 0 Å². The lowest BCUT2D eigenvalue weighted by Crippen LogP contribution is -2.01. The zero-order chi connectivity index (χ0) is 14.0. The molecule has 0 radical (unpaired) electrons. The van der Waals surface area contributed by atoms with Crippen molar-refractivity contribution < 1.29 is 8.78 Å². The van der Waals surface area contributed by atoms with Crippen molar-refractivity contribution in [3.05, 3.63) is 68.7 Å². The highest BCUT2D eigenvalue weighted by atomic mass is 79.9. The molecule has 5 heteroatoms. The topological polar surface area (TPSA) is 0 Å². The molecule has 0 amide bonds. The molecule has 19 heavy (non-hydrogen) atoms. The highest BCUT2D eigenvalue weighted by Crippen LogP contribution is 2.34. The first kappa shape index (κ1) is 14.8. The zero-order valence-corrected chi connectivity index (χ0v) is 12.7. The number of rotatable bonds is 3. The van der Waals surface area contributed by atoms with E-state index < -0.39 is 11.2 Å². The number of halogens is 5. The van der Waals surface area contributed by atoms with Crippen LogP contribution < -0.4 is 0 Å². The highest BCUT2D eigenvalue weighted by Gasteiger charge is 2.17. The van der Waals surface area contributed by atoms with E-state index in [0.717, 1.165) is 0 Å². The minimum Gasteiger partial charge on any atom is -0.207 e. The third-order valence-corrected chi connectivity index (χ3v) is 4.21. The van der Waals surface area contributed by atoms with Gasteiger partial charge in [-0.25, -0.2) is 8.78 Å². The fourth-order valence-corrected chi connectivity index (χ4v) is 3.00. The Labute approximate surface area is 128 Å². The second-order valence-corrected chi connectivity index (χ2v) is 5.83. The summed E-state index contributed by atoms with van der Waals surface area (Å²) in [7, 11) is 0. The molecule has 0 N–H and O–H groups in total. The molecule has 0 bridgehead atoms. The molecule has 0 aliphatic rings. The summed E-state index contributed by atoms with van der Waals surface area (Å²) in [5.41, 5.74) is 0.904. The highest BCUT2D eigenvalue weighted by molar-refractivity contribution is 9.10. The number of alkyl halides is 1. The van der Waals surface area contributed by atoms with E-state index in [4.69, 9.17) is 23.2 Å². The van der Waals surface area contributed by atoms with Crippen molar-refractivity contribution in [2.24, 2.45) is 0 Å². The standard InChI is InChI=1S/C14H9BrCl2F2/c15-11-5-4-8(18)6-9(11)13(17)7-10-12(16)2-1-3-14(10)19/h1-6,13H,7H2. The summed E-state index contributed by atoms with van der Waals surface area (Å²) in [5.74, 6) is -0.797. The summed E-state index contributed by atoms with van der Waals surface area (Å²) in [6.45, 7) is 0. The maximum absolute atomic E-state index is 13.7. The largest absolute Gasteiger partial charge is 0.207 e. The normalized spacial score (nSPS) is 12.5. The summed E-state index contributed by atoms with van der Waals surface area (Å²) in [5, 5.41) is -0.252. The van der Waals surface area contributed by atoms with E-state index >= 15 is 0 Å². The van der Waals surface area contributed by atoms with Crippen molar-refractivity contribution >= 4 is 39.1 Å². The van der Waals surface area contributed by atoms with Gasteiger partial charge in [0.15, 0.2) is 0 Å².